The van der Waals surface area contributed by atoms with Crippen LogP contribution in [0.3, 0.4) is 0 Å². The topological polar surface area (TPSA) is 42.5 Å². The molecule has 4 heteroatoms. The molecule has 142 valence electrons. The largest absolute Gasteiger partial charge is 0.378 e. The number of hydrogen-bond donors (Lipinski definition) is 2. The van der Waals surface area contributed by atoms with Gasteiger partial charge in [-0.05, 0) is 25.7 Å². The van der Waals surface area contributed by atoms with Gasteiger partial charge in [-0.25, -0.2) is 0 Å². The number of nitrogens with one attached hydrogen (secondary N) is 2. The first-order chi connectivity index (χ1) is 11.9. The lowest BCUT2D eigenvalue weighted by atomic mass is 10.1. The molecular weight excluding hydrogens is 300 g/mol. The molecule has 0 aromatic heterocycles. The second kappa shape index (κ2) is 14.1. The molecule has 2 rings (SSSR count). The lowest BCUT2D eigenvalue weighted by Gasteiger charge is -2.16. The van der Waals surface area contributed by atoms with Crippen LogP contribution >= 0.6 is 0 Å². The van der Waals surface area contributed by atoms with Crippen LogP contribution < -0.4 is 10.6 Å². The minimum Gasteiger partial charge on any atom is -0.378 e. The van der Waals surface area contributed by atoms with E-state index in [0.717, 1.165) is 51.6 Å². The Morgan fingerprint density at radius 1 is 0.500 bits per heavy atom. The molecule has 2 fully saturated rings. The van der Waals surface area contributed by atoms with E-state index in [9.17, 15) is 0 Å². The minimum atomic E-state index is 0.718. The number of rotatable bonds is 11. The highest BCUT2D eigenvalue weighted by molar-refractivity contribution is 4.71. The molecule has 2 aliphatic carbocycles. The monoisotopic (exact) mass is 340 g/mol. The molecule has 0 heterocycles. The number of hydrogen-bond acceptors (Lipinski definition) is 4. The average Bonchev–Trinajstić information content (AvgIpc) is 3.01. The van der Waals surface area contributed by atoms with Gasteiger partial charge in [0.15, 0.2) is 0 Å². The average molecular weight is 341 g/mol. The Bertz CT molecular complexity index is 245. The Labute approximate surface area is 149 Å². The summed E-state index contributed by atoms with van der Waals surface area (Å²) in [5.41, 5.74) is 0. The highest BCUT2D eigenvalue weighted by Crippen LogP contribution is 2.17. The predicted octanol–water partition coefficient (Wildman–Crippen LogP) is 3.64. The normalized spacial score (nSPS) is 21.5. The Balaban J connectivity index is 1.31. The van der Waals surface area contributed by atoms with Crippen molar-refractivity contribution < 1.29 is 9.47 Å². The van der Waals surface area contributed by atoms with Crippen LogP contribution in [0, 0.1) is 0 Å². The van der Waals surface area contributed by atoms with Gasteiger partial charge < -0.3 is 20.1 Å². The summed E-state index contributed by atoms with van der Waals surface area (Å²) in [5.74, 6) is 0. The second-order valence-corrected chi connectivity index (χ2v) is 7.51. The second-order valence-electron chi connectivity index (χ2n) is 7.51. The first-order valence-corrected chi connectivity index (χ1v) is 10.6. The summed E-state index contributed by atoms with van der Waals surface area (Å²) in [6.07, 6.45) is 16.6. The smallest absolute Gasteiger partial charge is 0.0701 e. The summed E-state index contributed by atoms with van der Waals surface area (Å²) in [4.78, 5) is 0. The van der Waals surface area contributed by atoms with Crippen molar-refractivity contribution in [3.8, 4) is 0 Å². The maximum absolute atomic E-state index is 5.66. The van der Waals surface area contributed by atoms with Gasteiger partial charge in [0, 0.05) is 25.2 Å². The summed E-state index contributed by atoms with van der Waals surface area (Å²) >= 11 is 0. The molecule has 0 spiro atoms. The molecular formula is C20H40N2O2. The van der Waals surface area contributed by atoms with Gasteiger partial charge in [0.25, 0.3) is 0 Å². The van der Waals surface area contributed by atoms with E-state index in [2.05, 4.69) is 10.6 Å². The van der Waals surface area contributed by atoms with E-state index in [1.54, 1.807) is 0 Å². The highest BCUT2D eigenvalue weighted by atomic mass is 16.5. The van der Waals surface area contributed by atoms with Gasteiger partial charge in [-0.3, -0.25) is 0 Å². The van der Waals surface area contributed by atoms with Crippen molar-refractivity contribution in [3.05, 3.63) is 0 Å². The van der Waals surface area contributed by atoms with Crippen LogP contribution in [0.5, 0.6) is 0 Å². The summed E-state index contributed by atoms with van der Waals surface area (Å²) in [6.45, 7) is 5.01. The first kappa shape index (κ1) is 20.2. The maximum Gasteiger partial charge on any atom is 0.0701 e. The van der Waals surface area contributed by atoms with E-state index < -0.39 is 0 Å². The van der Waals surface area contributed by atoms with Gasteiger partial charge in [-0.2, -0.15) is 0 Å². The zero-order valence-electron chi connectivity index (χ0n) is 15.7. The van der Waals surface area contributed by atoms with E-state index in [4.69, 9.17) is 9.47 Å². The third-order valence-corrected chi connectivity index (χ3v) is 5.44. The molecule has 0 aromatic rings. The molecule has 0 bridgehead atoms. The lowest BCUT2D eigenvalue weighted by Crippen LogP contribution is -2.32. The van der Waals surface area contributed by atoms with Gasteiger partial charge in [-0.1, -0.05) is 51.4 Å². The minimum absolute atomic E-state index is 0.718. The standard InChI is InChI=1S/C20H40N2O2/c1-2-6-10-19(9-5-1)21-13-15-23-17-18-24-16-14-22-20-11-7-3-4-8-12-20/h19-22H,1-18H2. The van der Waals surface area contributed by atoms with Crippen LogP contribution in [0.25, 0.3) is 0 Å². The Hall–Kier alpha value is -0.160. The summed E-state index contributed by atoms with van der Waals surface area (Å²) in [5, 5.41) is 7.28. The van der Waals surface area contributed by atoms with Crippen LogP contribution in [-0.2, 0) is 9.47 Å². The van der Waals surface area contributed by atoms with E-state index in [1.165, 1.54) is 77.0 Å². The lowest BCUT2D eigenvalue weighted by molar-refractivity contribution is 0.0484. The molecule has 0 aliphatic heterocycles. The molecule has 0 saturated heterocycles. The zero-order valence-corrected chi connectivity index (χ0v) is 15.7. The Morgan fingerprint density at radius 3 is 1.25 bits per heavy atom. The molecule has 2 aliphatic rings. The fraction of sp³-hybridized carbons (Fsp3) is 1.00. The Morgan fingerprint density at radius 2 is 0.875 bits per heavy atom. The summed E-state index contributed by atoms with van der Waals surface area (Å²) in [6, 6.07) is 1.45. The summed E-state index contributed by atoms with van der Waals surface area (Å²) < 4.78 is 11.3. The van der Waals surface area contributed by atoms with E-state index in [1.807, 2.05) is 0 Å². The molecule has 24 heavy (non-hydrogen) atoms. The highest BCUT2D eigenvalue weighted by Gasteiger charge is 2.11. The van der Waals surface area contributed by atoms with Crippen molar-refractivity contribution in [2.45, 2.75) is 89.1 Å². The molecule has 0 unspecified atom stereocenters. The molecule has 4 nitrogen and oxygen atoms in total. The molecule has 0 aromatic carbocycles. The van der Waals surface area contributed by atoms with Crippen LogP contribution in [-0.4, -0.2) is 51.6 Å². The maximum atomic E-state index is 5.66. The van der Waals surface area contributed by atoms with Gasteiger partial charge in [-0.15, -0.1) is 0 Å². The molecule has 2 saturated carbocycles. The Kier molecular flexibility index (Phi) is 11.8. The van der Waals surface area contributed by atoms with Gasteiger partial charge in [0.2, 0.25) is 0 Å². The van der Waals surface area contributed by atoms with Crippen molar-refractivity contribution in [2.24, 2.45) is 0 Å². The molecule has 0 radical (unpaired) electrons. The van der Waals surface area contributed by atoms with Gasteiger partial charge in [0.05, 0.1) is 26.4 Å². The van der Waals surface area contributed by atoms with Crippen molar-refractivity contribution >= 4 is 0 Å². The van der Waals surface area contributed by atoms with Crippen molar-refractivity contribution in [2.75, 3.05) is 39.5 Å². The van der Waals surface area contributed by atoms with Crippen molar-refractivity contribution in [1.29, 1.82) is 0 Å². The van der Waals surface area contributed by atoms with E-state index in [-0.39, 0.29) is 0 Å². The van der Waals surface area contributed by atoms with Crippen LogP contribution in [0.15, 0.2) is 0 Å². The van der Waals surface area contributed by atoms with E-state index in [0.29, 0.717) is 0 Å². The van der Waals surface area contributed by atoms with Crippen LogP contribution in [0.4, 0.5) is 0 Å². The fourth-order valence-electron chi connectivity index (χ4n) is 3.96. The predicted molar refractivity (Wildman–Crippen MR) is 101 cm³/mol. The van der Waals surface area contributed by atoms with Crippen molar-refractivity contribution in [1.82, 2.24) is 10.6 Å². The van der Waals surface area contributed by atoms with Crippen LogP contribution in [0.1, 0.15) is 77.0 Å². The number of ether oxygens (including phenoxy) is 2. The van der Waals surface area contributed by atoms with Gasteiger partial charge >= 0.3 is 0 Å². The molecule has 2 N–H and O–H groups in total. The molecule has 0 amide bonds. The van der Waals surface area contributed by atoms with Crippen LogP contribution in [0.2, 0.25) is 0 Å². The SMILES string of the molecule is C1CCCC(NCCOCCOCCNC2CCCCCC2)CC1. The van der Waals surface area contributed by atoms with E-state index >= 15 is 0 Å². The quantitative estimate of drug-likeness (QED) is 0.445. The third-order valence-electron chi connectivity index (χ3n) is 5.44. The summed E-state index contributed by atoms with van der Waals surface area (Å²) in [7, 11) is 0. The first-order valence-electron chi connectivity index (χ1n) is 10.6. The molecule has 0 atom stereocenters. The van der Waals surface area contributed by atoms with Crippen molar-refractivity contribution in [3.63, 3.8) is 0 Å². The zero-order chi connectivity index (χ0) is 16.7. The van der Waals surface area contributed by atoms with Gasteiger partial charge in [0.1, 0.15) is 0 Å². The third kappa shape index (κ3) is 9.97. The fourth-order valence-corrected chi connectivity index (χ4v) is 3.96.